The largest absolute Gasteiger partial charge is 0.311 e. The van der Waals surface area contributed by atoms with Gasteiger partial charge in [-0.05, 0) is 43.9 Å². The van der Waals surface area contributed by atoms with Crippen LogP contribution in [0, 0.1) is 5.82 Å². The second kappa shape index (κ2) is 5.50. The average Bonchev–Trinajstić information content (AvgIpc) is 2.76. The Balaban J connectivity index is 1.87. The number of fused-ring (bicyclic) bond motifs is 2. The Morgan fingerprint density at radius 1 is 1.29 bits per heavy atom. The molecule has 1 N–H and O–H groups in total. The molecule has 2 saturated heterocycles. The molecule has 2 bridgehead atoms. The first-order valence-corrected chi connectivity index (χ1v) is 8.89. The highest BCUT2D eigenvalue weighted by molar-refractivity contribution is 7.89. The maximum absolute atomic E-state index is 13.1. The summed E-state index contributed by atoms with van der Waals surface area (Å²) in [5, 5.41) is 3.42. The maximum Gasteiger partial charge on any atom is 0.244 e. The van der Waals surface area contributed by atoms with Gasteiger partial charge in [0.1, 0.15) is 10.7 Å². The molecule has 2 aliphatic rings. The van der Waals surface area contributed by atoms with Crippen molar-refractivity contribution in [1.29, 1.82) is 0 Å². The number of nitrogens with one attached hydrogen (secondary N) is 1. The molecule has 0 spiro atoms. The van der Waals surface area contributed by atoms with Crippen LogP contribution in [0.3, 0.4) is 0 Å². The second-order valence-electron chi connectivity index (χ2n) is 5.86. The third-order valence-corrected chi connectivity index (χ3v) is 6.91. The van der Waals surface area contributed by atoms with Gasteiger partial charge < -0.3 is 5.32 Å². The van der Waals surface area contributed by atoms with Crippen LogP contribution in [-0.4, -0.2) is 37.9 Å². The van der Waals surface area contributed by atoms with E-state index in [1.54, 1.807) is 7.05 Å². The van der Waals surface area contributed by atoms with Crippen molar-refractivity contribution in [3.8, 4) is 0 Å². The van der Waals surface area contributed by atoms with Crippen molar-refractivity contribution in [2.45, 2.75) is 48.7 Å². The van der Waals surface area contributed by atoms with E-state index < -0.39 is 15.8 Å². The van der Waals surface area contributed by atoms with Crippen molar-refractivity contribution in [3.63, 3.8) is 0 Å². The fourth-order valence-electron chi connectivity index (χ4n) is 3.36. The summed E-state index contributed by atoms with van der Waals surface area (Å²) >= 11 is 5.91. The Labute approximate surface area is 129 Å². The lowest BCUT2D eigenvalue weighted by Gasteiger charge is -2.35. The molecule has 21 heavy (non-hydrogen) atoms. The third kappa shape index (κ3) is 2.82. The van der Waals surface area contributed by atoms with Gasteiger partial charge in [0.05, 0.1) is 5.02 Å². The molecular formula is C14H18ClFN2O2S. The quantitative estimate of drug-likeness (QED) is 0.924. The van der Waals surface area contributed by atoms with Crippen molar-refractivity contribution >= 4 is 21.6 Å². The number of rotatable bonds is 3. The summed E-state index contributed by atoms with van der Waals surface area (Å²) in [6.07, 6.45) is 3.83. The van der Waals surface area contributed by atoms with Crippen LogP contribution in [0.1, 0.15) is 25.7 Å². The van der Waals surface area contributed by atoms with E-state index >= 15 is 0 Å². The van der Waals surface area contributed by atoms with Gasteiger partial charge in [0, 0.05) is 25.2 Å². The molecule has 0 aliphatic carbocycles. The number of benzene rings is 1. The Kier molecular flexibility index (Phi) is 3.98. The van der Waals surface area contributed by atoms with E-state index in [4.69, 9.17) is 11.6 Å². The molecule has 0 aromatic heterocycles. The first-order valence-electron chi connectivity index (χ1n) is 7.07. The minimum absolute atomic E-state index is 0.0288. The number of hydrogen-bond donors (Lipinski definition) is 1. The van der Waals surface area contributed by atoms with Crippen molar-refractivity contribution in [2.75, 3.05) is 7.05 Å². The summed E-state index contributed by atoms with van der Waals surface area (Å²) in [6.45, 7) is 0. The van der Waals surface area contributed by atoms with Gasteiger partial charge in [0.25, 0.3) is 0 Å². The topological polar surface area (TPSA) is 49.4 Å². The number of sulfonamides is 1. The van der Waals surface area contributed by atoms with E-state index in [-0.39, 0.29) is 16.0 Å². The van der Waals surface area contributed by atoms with Crippen LogP contribution < -0.4 is 5.32 Å². The van der Waals surface area contributed by atoms with Crippen LogP contribution >= 0.6 is 11.6 Å². The predicted octanol–water partition coefficient (Wildman–Crippen LogP) is 2.38. The molecule has 116 valence electrons. The van der Waals surface area contributed by atoms with E-state index in [1.807, 2.05) is 0 Å². The molecule has 2 fully saturated rings. The Hall–Kier alpha value is -0.690. The summed E-state index contributed by atoms with van der Waals surface area (Å²) in [5.74, 6) is -0.540. The minimum atomic E-state index is -3.70. The number of piperidine rings is 1. The fourth-order valence-corrected chi connectivity index (χ4v) is 5.24. The van der Waals surface area contributed by atoms with Crippen molar-refractivity contribution in [3.05, 3.63) is 29.0 Å². The van der Waals surface area contributed by atoms with E-state index in [0.717, 1.165) is 37.8 Å². The summed E-state index contributed by atoms with van der Waals surface area (Å²) in [5.41, 5.74) is 0. The first kappa shape index (κ1) is 15.2. The molecule has 2 aliphatic heterocycles. The molecule has 4 nitrogen and oxygen atoms in total. The van der Waals surface area contributed by atoms with Crippen LogP contribution in [0.5, 0.6) is 0 Å². The second-order valence-corrected chi connectivity index (χ2v) is 8.23. The van der Waals surface area contributed by atoms with Gasteiger partial charge in [-0.25, -0.2) is 12.8 Å². The van der Waals surface area contributed by atoms with Gasteiger partial charge in [-0.15, -0.1) is 0 Å². The zero-order valence-electron chi connectivity index (χ0n) is 11.7. The van der Waals surface area contributed by atoms with Gasteiger partial charge >= 0.3 is 0 Å². The third-order valence-electron chi connectivity index (χ3n) is 4.51. The molecule has 2 heterocycles. The summed E-state index contributed by atoms with van der Waals surface area (Å²) in [6, 6.07) is 4.16. The lowest BCUT2D eigenvalue weighted by atomic mass is 10.0. The Morgan fingerprint density at radius 2 is 1.90 bits per heavy atom. The van der Waals surface area contributed by atoms with Gasteiger partial charge in [-0.3, -0.25) is 0 Å². The molecule has 1 aromatic carbocycles. The van der Waals surface area contributed by atoms with Crippen LogP contribution in [0.4, 0.5) is 4.39 Å². The standard InChI is InChI=1S/C14H18ClFN2O2S/c1-18(12-7-10-3-4-11(8-12)17-10)21(19,20)14-5-2-9(16)6-13(14)15/h2,5-6,10-12,17H,3-4,7-8H2,1H3. The van der Waals surface area contributed by atoms with Crippen LogP contribution in [0.25, 0.3) is 0 Å². The summed E-state index contributed by atoms with van der Waals surface area (Å²) < 4.78 is 39.9. The van der Waals surface area contributed by atoms with E-state index in [1.165, 1.54) is 10.4 Å². The van der Waals surface area contributed by atoms with Crippen LogP contribution in [-0.2, 0) is 10.0 Å². The molecule has 3 rings (SSSR count). The molecule has 7 heteroatoms. The van der Waals surface area contributed by atoms with Gasteiger partial charge in [0.15, 0.2) is 0 Å². The van der Waals surface area contributed by atoms with Crippen LogP contribution in [0.2, 0.25) is 5.02 Å². The zero-order valence-corrected chi connectivity index (χ0v) is 13.3. The molecule has 1 aromatic rings. The zero-order chi connectivity index (χ0) is 15.2. The monoisotopic (exact) mass is 332 g/mol. The first-order chi connectivity index (χ1) is 9.88. The lowest BCUT2D eigenvalue weighted by molar-refractivity contribution is 0.251. The Bertz CT molecular complexity index is 640. The van der Waals surface area contributed by atoms with E-state index in [0.29, 0.717) is 12.1 Å². The number of nitrogens with zero attached hydrogens (tertiary/aromatic N) is 1. The molecule has 0 saturated carbocycles. The van der Waals surface area contributed by atoms with Crippen molar-refractivity contribution in [1.82, 2.24) is 9.62 Å². The van der Waals surface area contributed by atoms with E-state index in [2.05, 4.69) is 5.32 Å². The Morgan fingerprint density at radius 3 is 2.48 bits per heavy atom. The normalized spacial score (nSPS) is 29.0. The lowest BCUT2D eigenvalue weighted by Crippen LogP contribution is -2.48. The van der Waals surface area contributed by atoms with Gasteiger partial charge in [-0.2, -0.15) is 4.31 Å². The average molecular weight is 333 g/mol. The number of halogens is 2. The SMILES string of the molecule is CN(C1CC2CCC(C1)N2)S(=O)(=O)c1ccc(F)cc1Cl. The molecule has 0 radical (unpaired) electrons. The molecule has 2 unspecified atom stereocenters. The maximum atomic E-state index is 13.1. The van der Waals surface area contributed by atoms with Crippen LogP contribution in [0.15, 0.2) is 23.1 Å². The minimum Gasteiger partial charge on any atom is -0.311 e. The van der Waals surface area contributed by atoms with Crippen molar-refractivity contribution < 1.29 is 12.8 Å². The summed E-state index contributed by atoms with van der Waals surface area (Å²) in [4.78, 5) is -0.0288. The van der Waals surface area contributed by atoms with Gasteiger partial charge in [-0.1, -0.05) is 11.6 Å². The van der Waals surface area contributed by atoms with Crippen molar-refractivity contribution in [2.24, 2.45) is 0 Å². The summed E-state index contributed by atoms with van der Waals surface area (Å²) in [7, 11) is -2.11. The highest BCUT2D eigenvalue weighted by atomic mass is 35.5. The highest BCUT2D eigenvalue weighted by Gasteiger charge is 2.39. The predicted molar refractivity (Wildman–Crippen MR) is 79.3 cm³/mol. The smallest absolute Gasteiger partial charge is 0.244 e. The molecule has 2 atom stereocenters. The highest BCUT2D eigenvalue weighted by Crippen LogP contribution is 2.33. The fraction of sp³-hybridized carbons (Fsp3) is 0.571. The number of hydrogen-bond acceptors (Lipinski definition) is 3. The molecule has 0 amide bonds. The van der Waals surface area contributed by atoms with Gasteiger partial charge in [0.2, 0.25) is 10.0 Å². The van der Waals surface area contributed by atoms with E-state index in [9.17, 15) is 12.8 Å². The molecular weight excluding hydrogens is 315 g/mol.